The lowest BCUT2D eigenvalue weighted by Crippen LogP contribution is -2.02. The van der Waals surface area contributed by atoms with Gasteiger partial charge in [0.15, 0.2) is 5.82 Å². The summed E-state index contributed by atoms with van der Waals surface area (Å²) in [5.74, 6) is 1.59. The van der Waals surface area contributed by atoms with Crippen LogP contribution in [-0.4, -0.2) is 26.8 Å². The van der Waals surface area contributed by atoms with Gasteiger partial charge in [-0.25, -0.2) is 9.97 Å². The maximum atomic E-state index is 4.49. The first-order valence-electron chi connectivity index (χ1n) is 5.71. The molecule has 0 bridgehead atoms. The van der Waals surface area contributed by atoms with Crippen LogP contribution in [0, 0.1) is 13.8 Å². The topological polar surface area (TPSA) is 55.6 Å². The maximum Gasteiger partial charge on any atom is 0.164 e. The molecule has 5 nitrogen and oxygen atoms in total. The molecule has 0 spiro atoms. The smallest absolute Gasteiger partial charge is 0.164 e. The molecule has 0 saturated carbocycles. The number of anilines is 1. The fourth-order valence-electron chi connectivity index (χ4n) is 1.65. The lowest BCUT2D eigenvalue weighted by molar-refractivity contribution is 0.660. The first-order valence-corrected chi connectivity index (χ1v) is 5.71. The fourth-order valence-corrected chi connectivity index (χ4v) is 1.65. The van der Waals surface area contributed by atoms with Gasteiger partial charge in [-0.2, -0.15) is 5.10 Å². The van der Waals surface area contributed by atoms with E-state index in [0.29, 0.717) is 0 Å². The summed E-state index contributed by atoms with van der Waals surface area (Å²) >= 11 is 0. The number of nitrogens with zero attached hydrogens (tertiary/aromatic N) is 4. The second kappa shape index (κ2) is 4.53. The van der Waals surface area contributed by atoms with Crippen molar-refractivity contribution < 1.29 is 0 Å². The summed E-state index contributed by atoms with van der Waals surface area (Å²) < 4.78 is 1.87. The Morgan fingerprint density at radius 2 is 2.06 bits per heavy atom. The van der Waals surface area contributed by atoms with Gasteiger partial charge >= 0.3 is 0 Å². The van der Waals surface area contributed by atoms with E-state index in [9.17, 15) is 0 Å². The Balaban J connectivity index is 2.48. The molecule has 0 aliphatic rings. The fraction of sp³-hybridized carbons (Fsp3) is 0.417. The molecule has 17 heavy (non-hydrogen) atoms. The van der Waals surface area contributed by atoms with Crippen molar-refractivity contribution in [3.63, 3.8) is 0 Å². The van der Waals surface area contributed by atoms with Gasteiger partial charge in [0.2, 0.25) is 0 Å². The van der Waals surface area contributed by atoms with E-state index in [4.69, 9.17) is 0 Å². The molecule has 0 fully saturated rings. The first-order chi connectivity index (χ1) is 8.15. The van der Waals surface area contributed by atoms with Crippen LogP contribution in [-0.2, 0) is 6.54 Å². The third-order valence-electron chi connectivity index (χ3n) is 2.84. The van der Waals surface area contributed by atoms with Gasteiger partial charge in [0.25, 0.3) is 0 Å². The van der Waals surface area contributed by atoms with Crippen LogP contribution in [0.4, 0.5) is 5.82 Å². The molecule has 2 rings (SSSR count). The Morgan fingerprint density at radius 1 is 1.29 bits per heavy atom. The molecule has 0 aliphatic carbocycles. The number of rotatable bonds is 3. The van der Waals surface area contributed by atoms with Crippen LogP contribution in [0.3, 0.4) is 0 Å². The van der Waals surface area contributed by atoms with Gasteiger partial charge in [-0.05, 0) is 20.8 Å². The van der Waals surface area contributed by atoms with Crippen LogP contribution in [0.1, 0.15) is 18.2 Å². The second-order valence-electron chi connectivity index (χ2n) is 3.94. The molecule has 5 heteroatoms. The number of hydrogen-bond donors (Lipinski definition) is 1. The number of aromatic nitrogens is 4. The van der Waals surface area contributed by atoms with E-state index >= 15 is 0 Å². The van der Waals surface area contributed by atoms with Crippen LogP contribution < -0.4 is 5.32 Å². The third kappa shape index (κ3) is 2.13. The predicted molar refractivity (Wildman–Crippen MR) is 67.9 cm³/mol. The molecule has 2 aromatic heterocycles. The molecule has 2 aromatic rings. The van der Waals surface area contributed by atoms with Crippen molar-refractivity contribution in [2.24, 2.45) is 0 Å². The van der Waals surface area contributed by atoms with E-state index in [1.54, 1.807) is 6.20 Å². The molecule has 1 N–H and O–H groups in total. The van der Waals surface area contributed by atoms with E-state index < -0.39 is 0 Å². The molecule has 0 aliphatic heterocycles. The summed E-state index contributed by atoms with van der Waals surface area (Å²) in [7, 11) is 1.87. The number of aryl methyl sites for hydroxylation is 2. The minimum Gasteiger partial charge on any atom is -0.373 e. The van der Waals surface area contributed by atoms with Crippen LogP contribution in [0.15, 0.2) is 12.4 Å². The minimum atomic E-state index is 0.720. The summed E-state index contributed by atoms with van der Waals surface area (Å²) in [6, 6.07) is 0. The van der Waals surface area contributed by atoms with E-state index in [0.717, 1.165) is 35.0 Å². The Labute approximate surface area is 101 Å². The van der Waals surface area contributed by atoms with Crippen molar-refractivity contribution >= 4 is 5.82 Å². The summed E-state index contributed by atoms with van der Waals surface area (Å²) in [6.07, 6.45) is 3.76. The van der Waals surface area contributed by atoms with Crippen LogP contribution in [0.5, 0.6) is 0 Å². The van der Waals surface area contributed by atoms with Gasteiger partial charge in [-0.3, -0.25) is 4.68 Å². The van der Waals surface area contributed by atoms with E-state index in [1.165, 1.54) is 0 Å². The minimum absolute atomic E-state index is 0.720. The molecule has 0 saturated heterocycles. The summed E-state index contributed by atoms with van der Waals surface area (Å²) in [4.78, 5) is 8.99. The second-order valence-corrected chi connectivity index (χ2v) is 3.94. The molecule has 0 aromatic carbocycles. The van der Waals surface area contributed by atoms with Crippen molar-refractivity contribution in [2.45, 2.75) is 27.3 Å². The SMILES string of the molecule is CCn1cc(-c2nc(C)c(C)c(NC)n2)cn1. The highest BCUT2D eigenvalue weighted by Gasteiger charge is 2.09. The largest absolute Gasteiger partial charge is 0.373 e. The molecule has 2 heterocycles. The average Bonchev–Trinajstić information content (AvgIpc) is 2.81. The van der Waals surface area contributed by atoms with Crippen molar-refractivity contribution in [3.05, 3.63) is 23.7 Å². The number of nitrogens with one attached hydrogen (secondary N) is 1. The van der Waals surface area contributed by atoms with Crippen LogP contribution in [0.2, 0.25) is 0 Å². The highest BCUT2D eigenvalue weighted by Crippen LogP contribution is 2.20. The van der Waals surface area contributed by atoms with Gasteiger partial charge in [0.05, 0.1) is 11.8 Å². The Hall–Kier alpha value is -1.91. The van der Waals surface area contributed by atoms with E-state index in [1.807, 2.05) is 31.8 Å². The highest BCUT2D eigenvalue weighted by molar-refractivity contribution is 5.57. The zero-order chi connectivity index (χ0) is 12.4. The van der Waals surface area contributed by atoms with Crippen molar-refractivity contribution in [2.75, 3.05) is 12.4 Å². The van der Waals surface area contributed by atoms with Crippen LogP contribution in [0.25, 0.3) is 11.4 Å². The van der Waals surface area contributed by atoms with Crippen molar-refractivity contribution in [1.82, 2.24) is 19.7 Å². The van der Waals surface area contributed by atoms with Crippen LogP contribution >= 0.6 is 0 Å². The molecular weight excluding hydrogens is 214 g/mol. The standard InChI is InChI=1S/C12H17N5/c1-5-17-7-10(6-14-17)12-15-9(3)8(2)11(13-4)16-12/h6-7H,5H2,1-4H3,(H,13,15,16). The zero-order valence-electron chi connectivity index (χ0n) is 10.7. The zero-order valence-corrected chi connectivity index (χ0v) is 10.7. The van der Waals surface area contributed by atoms with Gasteiger partial charge in [-0.15, -0.1) is 0 Å². The van der Waals surface area contributed by atoms with E-state index in [-0.39, 0.29) is 0 Å². The van der Waals surface area contributed by atoms with Crippen molar-refractivity contribution in [1.29, 1.82) is 0 Å². The Morgan fingerprint density at radius 3 is 2.65 bits per heavy atom. The van der Waals surface area contributed by atoms with Gasteiger partial charge in [-0.1, -0.05) is 0 Å². The molecule has 0 amide bonds. The Kier molecular flexibility index (Phi) is 3.08. The molecule has 0 radical (unpaired) electrons. The molecular formula is C12H17N5. The van der Waals surface area contributed by atoms with Gasteiger partial charge < -0.3 is 5.32 Å². The molecule has 0 atom stereocenters. The molecule has 0 unspecified atom stereocenters. The molecule has 90 valence electrons. The predicted octanol–water partition coefficient (Wildman–Crippen LogP) is 2.02. The van der Waals surface area contributed by atoms with E-state index in [2.05, 4.69) is 27.3 Å². The third-order valence-corrected chi connectivity index (χ3v) is 2.84. The number of hydrogen-bond acceptors (Lipinski definition) is 4. The highest BCUT2D eigenvalue weighted by atomic mass is 15.3. The van der Waals surface area contributed by atoms with Crippen molar-refractivity contribution in [3.8, 4) is 11.4 Å². The summed E-state index contributed by atoms with van der Waals surface area (Å²) in [6.45, 7) is 6.91. The maximum absolute atomic E-state index is 4.49. The summed E-state index contributed by atoms with van der Waals surface area (Å²) in [5, 5.41) is 7.32. The average molecular weight is 231 g/mol. The van der Waals surface area contributed by atoms with Gasteiger partial charge in [0.1, 0.15) is 5.82 Å². The lowest BCUT2D eigenvalue weighted by atomic mass is 10.2. The quantitative estimate of drug-likeness (QED) is 0.878. The van der Waals surface area contributed by atoms with Gasteiger partial charge in [0, 0.05) is 31.0 Å². The lowest BCUT2D eigenvalue weighted by Gasteiger charge is -2.08. The summed E-state index contributed by atoms with van der Waals surface area (Å²) in [5.41, 5.74) is 3.02. The first kappa shape index (κ1) is 11.6. The normalized spacial score (nSPS) is 10.6. The Bertz CT molecular complexity index is 530. The monoisotopic (exact) mass is 231 g/mol.